The molecule has 5 heteroatoms. The number of hydrogen-bond acceptors (Lipinski definition) is 3. The smallest absolute Gasteiger partial charge is 0.204 e. The molecule has 0 aliphatic carbocycles. The largest absolute Gasteiger partial charge is 0.326 e. The van der Waals surface area contributed by atoms with Crippen LogP contribution in [-0.2, 0) is 9.84 Å². The normalized spacial score (nSPS) is 17.7. The molecule has 0 radical (unpaired) electrons. The Hall–Kier alpha value is -0.840. The van der Waals surface area contributed by atoms with Gasteiger partial charge < -0.3 is 5.73 Å². The molecule has 1 heterocycles. The van der Waals surface area contributed by atoms with E-state index in [4.69, 9.17) is 17.3 Å². The molecule has 0 fully saturated rings. The number of hydrogen-bond donors (Lipinski definition) is 1. The van der Waals surface area contributed by atoms with E-state index in [0.717, 1.165) is 0 Å². The van der Waals surface area contributed by atoms with E-state index in [1.165, 1.54) is 12.1 Å². The lowest BCUT2D eigenvalue weighted by Crippen LogP contribution is -2.10. The van der Waals surface area contributed by atoms with Crippen LogP contribution < -0.4 is 5.73 Å². The summed E-state index contributed by atoms with van der Waals surface area (Å²) in [7, 11) is -3.37. The van der Waals surface area contributed by atoms with Gasteiger partial charge in [0.1, 0.15) is 0 Å². The van der Waals surface area contributed by atoms with Gasteiger partial charge in [-0.3, -0.25) is 0 Å². The zero-order valence-electron chi connectivity index (χ0n) is 7.20. The van der Waals surface area contributed by atoms with Crippen LogP contribution in [0.5, 0.6) is 0 Å². The fourth-order valence-electron chi connectivity index (χ4n) is 1.44. The molecule has 0 atom stereocenters. The summed E-state index contributed by atoms with van der Waals surface area (Å²) in [5, 5.41) is 0.439. The molecule has 74 valence electrons. The van der Waals surface area contributed by atoms with Crippen LogP contribution in [0.3, 0.4) is 0 Å². The molecular weight excluding hydrogens is 222 g/mol. The number of fused-ring (bicyclic) bond motifs is 1. The maximum atomic E-state index is 11.8. The average Bonchev–Trinajstić information content (AvgIpc) is 2.40. The molecule has 0 aromatic heterocycles. The first-order valence-electron chi connectivity index (χ1n) is 4.01. The first-order chi connectivity index (χ1) is 6.57. The minimum absolute atomic E-state index is 0.00728. The molecule has 1 aliphatic heterocycles. The van der Waals surface area contributed by atoms with Crippen molar-refractivity contribution in [3.8, 4) is 0 Å². The molecule has 2 rings (SSSR count). The molecule has 0 unspecified atom stereocenters. The van der Waals surface area contributed by atoms with Gasteiger partial charge in [0, 0.05) is 17.1 Å². The van der Waals surface area contributed by atoms with Gasteiger partial charge in [0.25, 0.3) is 0 Å². The van der Waals surface area contributed by atoms with Crippen molar-refractivity contribution in [1.29, 1.82) is 0 Å². The van der Waals surface area contributed by atoms with Crippen molar-refractivity contribution in [3.63, 3.8) is 0 Å². The lowest BCUT2D eigenvalue weighted by atomic mass is 10.2. The molecular formula is C9H8ClNO2S. The van der Waals surface area contributed by atoms with Crippen LogP contribution in [0.15, 0.2) is 28.0 Å². The van der Waals surface area contributed by atoms with Gasteiger partial charge in [-0.15, -0.1) is 0 Å². The Morgan fingerprint density at radius 3 is 2.64 bits per heavy atom. The summed E-state index contributed by atoms with van der Waals surface area (Å²) < 4.78 is 23.5. The second kappa shape index (κ2) is 3.08. The third kappa shape index (κ3) is 1.19. The van der Waals surface area contributed by atoms with Crippen molar-refractivity contribution < 1.29 is 8.42 Å². The molecule has 0 saturated carbocycles. The summed E-state index contributed by atoms with van der Waals surface area (Å²) in [6, 6.07) is 4.81. The molecule has 1 aromatic rings. The van der Waals surface area contributed by atoms with Crippen LogP contribution >= 0.6 is 11.6 Å². The molecule has 1 aromatic carbocycles. The van der Waals surface area contributed by atoms with Gasteiger partial charge in [0.2, 0.25) is 9.84 Å². The first-order valence-corrected chi connectivity index (χ1v) is 5.87. The van der Waals surface area contributed by atoms with Crippen molar-refractivity contribution in [3.05, 3.63) is 33.7 Å². The Kier molecular flexibility index (Phi) is 2.14. The monoisotopic (exact) mass is 229 g/mol. The van der Waals surface area contributed by atoms with Crippen molar-refractivity contribution in [2.45, 2.75) is 4.90 Å². The fourth-order valence-corrected chi connectivity index (χ4v) is 3.22. The Labute approximate surface area is 87.1 Å². The Balaban J connectivity index is 2.78. The SMILES string of the molecule is NCC1=Cc2c(Cl)cccc2S1(=O)=O. The quantitative estimate of drug-likeness (QED) is 0.793. The molecule has 0 spiro atoms. The maximum absolute atomic E-state index is 11.8. The van der Waals surface area contributed by atoms with Gasteiger partial charge in [-0.1, -0.05) is 17.7 Å². The summed E-state index contributed by atoms with van der Waals surface area (Å²) in [6.45, 7) is 0.00728. The highest BCUT2D eigenvalue weighted by Crippen LogP contribution is 2.35. The standard InChI is InChI=1S/C9H8ClNO2S/c10-8-2-1-3-9-7(8)4-6(5-11)14(9,12)13/h1-4H,5,11H2. The zero-order valence-corrected chi connectivity index (χ0v) is 8.77. The van der Waals surface area contributed by atoms with E-state index in [1.54, 1.807) is 12.1 Å². The second-order valence-electron chi connectivity index (χ2n) is 2.97. The highest BCUT2D eigenvalue weighted by molar-refractivity contribution is 7.95. The highest BCUT2D eigenvalue weighted by Gasteiger charge is 2.29. The number of benzene rings is 1. The van der Waals surface area contributed by atoms with E-state index in [1.807, 2.05) is 0 Å². The first kappa shape index (κ1) is 9.71. The van der Waals surface area contributed by atoms with Gasteiger partial charge in [-0.25, -0.2) is 8.42 Å². The summed E-state index contributed by atoms with van der Waals surface area (Å²) in [5.41, 5.74) is 5.90. The van der Waals surface area contributed by atoms with Crippen LogP contribution in [-0.4, -0.2) is 15.0 Å². The minimum atomic E-state index is -3.37. The van der Waals surface area contributed by atoms with Gasteiger partial charge in [0.15, 0.2) is 0 Å². The van der Waals surface area contributed by atoms with Gasteiger partial charge >= 0.3 is 0 Å². The predicted octanol–water partition coefficient (Wildman–Crippen LogP) is 1.43. The van der Waals surface area contributed by atoms with Crippen LogP contribution in [0.25, 0.3) is 6.08 Å². The Bertz CT molecular complexity index is 520. The van der Waals surface area contributed by atoms with Crippen molar-refractivity contribution in [2.24, 2.45) is 5.73 Å². The Morgan fingerprint density at radius 2 is 2.07 bits per heavy atom. The highest BCUT2D eigenvalue weighted by atomic mass is 35.5. The van der Waals surface area contributed by atoms with E-state index in [9.17, 15) is 8.42 Å². The molecule has 0 saturated heterocycles. The molecule has 0 bridgehead atoms. The molecule has 1 aliphatic rings. The zero-order chi connectivity index (χ0) is 10.3. The van der Waals surface area contributed by atoms with Crippen LogP contribution in [0.1, 0.15) is 5.56 Å². The second-order valence-corrected chi connectivity index (χ2v) is 5.35. The average molecular weight is 230 g/mol. The van der Waals surface area contributed by atoms with E-state index in [0.29, 0.717) is 10.6 Å². The van der Waals surface area contributed by atoms with Crippen molar-refractivity contribution in [1.82, 2.24) is 0 Å². The fraction of sp³-hybridized carbons (Fsp3) is 0.111. The van der Waals surface area contributed by atoms with E-state index in [2.05, 4.69) is 0 Å². The third-order valence-electron chi connectivity index (χ3n) is 2.15. The lowest BCUT2D eigenvalue weighted by Gasteiger charge is -2.00. The minimum Gasteiger partial charge on any atom is -0.326 e. The molecule has 14 heavy (non-hydrogen) atoms. The number of sulfone groups is 1. The summed E-state index contributed by atoms with van der Waals surface area (Å²) in [6.07, 6.45) is 1.53. The van der Waals surface area contributed by atoms with Crippen LogP contribution in [0.2, 0.25) is 5.02 Å². The van der Waals surface area contributed by atoms with E-state index in [-0.39, 0.29) is 16.3 Å². The summed E-state index contributed by atoms with van der Waals surface area (Å²) in [5.74, 6) is 0. The van der Waals surface area contributed by atoms with Crippen LogP contribution in [0, 0.1) is 0 Å². The number of halogens is 1. The predicted molar refractivity (Wildman–Crippen MR) is 55.7 cm³/mol. The van der Waals surface area contributed by atoms with Gasteiger partial charge in [-0.2, -0.15) is 0 Å². The van der Waals surface area contributed by atoms with Gasteiger partial charge in [-0.05, 0) is 18.2 Å². The summed E-state index contributed by atoms with van der Waals surface area (Å²) in [4.78, 5) is 0.478. The lowest BCUT2D eigenvalue weighted by molar-refractivity contribution is 0.602. The number of nitrogens with two attached hydrogens (primary N) is 1. The Morgan fingerprint density at radius 1 is 1.36 bits per heavy atom. The topological polar surface area (TPSA) is 60.2 Å². The van der Waals surface area contributed by atoms with Gasteiger partial charge in [0.05, 0.1) is 9.80 Å². The van der Waals surface area contributed by atoms with Crippen molar-refractivity contribution >= 4 is 27.5 Å². The molecule has 0 amide bonds. The number of rotatable bonds is 1. The van der Waals surface area contributed by atoms with E-state index >= 15 is 0 Å². The molecule has 2 N–H and O–H groups in total. The van der Waals surface area contributed by atoms with Crippen LogP contribution in [0.4, 0.5) is 0 Å². The summed E-state index contributed by atoms with van der Waals surface area (Å²) >= 11 is 5.87. The third-order valence-corrected chi connectivity index (χ3v) is 4.39. The maximum Gasteiger partial charge on any atom is 0.204 e. The van der Waals surface area contributed by atoms with Crippen molar-refractivity contribution in [2.75, 3.05) is 6.54 Å². The van der Waals surface area contributed by atoms with E-state index < -0.39 is 9.84 Å². The molecule has 3 nitrogen and oxygen atoms in total.